The minimum Gasteiger partial charge on any atom is -0.393 e. The van der Waals surface area contributed by atoms with Crippen molar-refractivity contribution < 1.29 is 10.2 Å². The largest absolute Gasteiger partial charge is 0.393 e. The van der Waals surface area contributed by atoms with E-state index in [0.717, 1.165) is 37.5 Å². The predicted octanol–water partition coefficient (Wildman–Crippen LogP) is 6.53. The van der Waals surface area contributed by atoms with E-state index >= 15 is 0 Å². The van der Waals surface area contributed by atoms with Gasteiger partial charge in [0.15, 0.2) is 0 Å². The van der Waals surface area contributed by atoms with Gasteiger partial charge in [0.2, 0.25) is 0 Å². The van der Waals surface area contributed by atoms with Crippen LogP contribution < -0.4 is 0 Å². The van der Waals surface area contributed by atoms with E-state index in [1.807, 2.05) is 0 Å². The molecule has 3 saturated carbocycles. The summed E-state index contributed by atoms with van der Waals surface area (Å²) in [5.41, 5.74) is 3.33. The van der Waals surface area contributed by atoms with Crippen LogP contribution in [0.1, 0.15) is 92.4 Å². The van der Waals surface area contributed by atoms with Gasteiger partial charge in [0.25, 0.3) is 0 Å². The summed E-state index contributed by atoms with van der Waals surface area (Å²) in [6.45, 7) is 16.3. The molecule has 170 valence electrons. The van der Waals surface area contributed by atoms with Crippen molar-refractivity contribution in [3.63, 3.8) is 0 Å². The normalized spacial score (nSPS) is 46.6. The van der Waals surface area contributed by atoms with Crippen LogP contribution in [-0.4, -0.2) is 22.4 Å². The van der Waals surface area contributed by atoms with Crippen LogP contribution in [0.2, 0.25) is 0 Å². The highest BCUT2D eigenvalue weighted by Gasteiger charge is 2.61. The molecule has 0 saturated heterocycles. The van der Waals surface area contributed by atoms with Gasteiger partial charge in [-0.3, -0.25) is 0 Å². The molecule has 0 radical (unpaired) electrons. The predicted molar refractivity (Wildman–Crippen MR) is 125 cm³/mol. The van der Waals surface area contributed by atoms with Gasteiger partial charge in [-0.2, -0.15) is 0 Å². The zero-order valence-electron chi connectivity index (χ0n) is 20.2. The van der Waals surface area contributed by atoms with E-state index in [9.17, 15) is 10.2 Å². The fourth-order valence-corrected chi connectivity index (χ4v) is 8.51. The fourth-order valence-electron chi connectivity index (χ4n) is 8.51. The van der Waals surface area contributed by atoms with E-state index in [1.54, 1.807) is 0 Å². The van der Waals surface area contributed by atoms with E-state index in [1.165, 1.54) is 43.3 Å². The molecule has 4 aliphatic rings. The van der Waals surface area contributed by atoms with Gasteiger partial charge in [-0.25, -0.2) is 0 Å². The highest BCUT2D eigenvalue weighted by molar-refractivity contribution is 5.28. The first-order valence-corrected chi connectivity index (χ1v) is 12.8. The molecule has 4 rings (SSSR count). The SMILES string of the molecule is C=C(CC[C@@H](C)[C@H]1CC[C@H]2[C@@H]3[C@@H](O)C=C4C[C@@H](O)CC[C@]4(C)[C@H]3CC[C@]12C)C(C)C. The quantitative estimate of drug-likeness (QED) is 0.502. The van der Waals surface area contributed by atoms with Crippen molar-refractivity contribution in [2.24, 2.45) is 46.3 Å². The molecular weight excluding hydrogens is 368 g/mol. The number of hydrogen-bond donors (Lipinski definition) is 2. The molecule has 0 aromatic heterocycles. The van der Waals surface area contributed by atoms with Crippen LogP contribution in [0.4, 0.5) is 0 Å². The monoisotopic (exact) mass is 414 g/mol. The summed E-state index contributed by atoms with van der Waals surface area (Å²) in [5, 5.41) is 21.5. The van der Waals surface area contributed by atoms with Gasteiger partial charge in [-0.15, -0.1) is 0 Å². The van der Waals surface area contributed by atoms with Gasteiger partial charge in [0.05, 0.1) is 12.2 Å². The lowest BCUT2D eigenvalue weighted by molar-refractivity contribution is -0.0970. The molecule has 0 unspecified atom stereocenters. The van der Waals surface area contributed by atoms with Gasteiger partial charge in [-0.1, -0.05) is 58.4 Å². The van der Waals surface area contributed by atoms with Crippen LogP contribution in [0.5, 0.6) is 0 Å². The number of rotatable bonds is 5. The maximum Gasteiger partial charge on any atom is 0.0757 e. The van der Waals surface area contributed by atoms with Crippen molar-refractivity contribution in [3.8, 4) is 0 Å². The maximum atomic E-state index is 11.3. The zero-order chi connectivity index (χ0) is 21.8. The van der Waals surface area contributed by atoms with Crippen LogP contribution in [-0.2, 0) is 0 Å². The van der Waals surface area contributed by atoms with Gasteiger partial charge in [0, 0.05) is 0 Å². The Hall–Kier alpha value is -0.600. The average Bonchev–Trinajstić information content (AvgIpc) is 3.04. The Morgan fingerprint density at radius 2 is 1.80 bits per heavy atom. The second kappa shape index (κ2) is 8.07. The van der Waals surface area contributed by atoms with Crippen molar-refractivity contribution in [1.82, 2.24) is 0 Å². The van der Waals surface area contributed by atoms with E-state index < -0.39 is 0 Å². The van der Waals surface area contributed by atoms with Crippen LogP contribution in [0.3, 0.4) is 0 Å². The molecular formula is C28H46O2. The second-order valence-corrected chi connectivity index (χ2v) is 12.3. The van der Waals surface area contributed by atoms with Crippen LogP contribution in [0, 0.1) is 46.3 Å². The molecule has 30 heavy (non-hydrogen) atoms. The van der Waals surface area contributed by atoms with Crippen molar-refractivity contribution in [2.75, 3.05) is 0 Å². The summed E-state index contributed by atoms with van der Waals surface area (Å²) in [4.78, 5) is 0. The molecule has 0 bridgehead atoms. The van der Waals surface area contributed by atoms with Crippen LogP contribution >= 0.6 is 0 Å². The summed E-state index contributed by atoms with van der Waals surface area (Å²) in [7, 11) is 0. The average molecular weight is 415 g/mol. The number of hydrogen-bond acceptors (Lipinski definition) is 2. The van der Waals surface area contributed by atoms with Gasteiger partial charge in [-0.05, 0) is 104 Å². The molecule has 2 heteroatoms. The van der Waals surface area contributed by atoms with Crippen LogP contribution in [0.25, 0.3) is 0 Å². The molecule has 9 atom stereocenters. The molecule has 0 amide bonds. The third kappa shape index (κ3) is 3.54. The standard InChI is InChI=1S/C28H46O2/c1-17(2)18(3)7-8-19(4)22-9-10-23-26-24(12-14-28(22,23)6)27(5)13-11-21(29)15-20(27)16-25(26)30/h16-17,19,21-26,29-30H,3,7-15H2,1-2,4-6H3/t19-,21+,22-,23+,24+,25+,26+,27+,28-/m1/s1. The third-order valence-electron chi connectivity index (χ3n) is 10.6. The summed E-state index contributed by atoms with van der Waals surface area (Å²) in [5.74, 6) is 3.76. The van der Waals surface area contributed by atoms with Crippen LogP contribution in [0.15, 0.2) is 23.8 Å². The first-order chi connectivity index (χ1) is 14.1. The zero-order valence-corrected chi connectivity index (χ0v) is 20.2. The fraction of sp³-hybridized carbons (Fsp3) is 0.857. The molecule has 0 heterocycles. The molecule has 3 fully saturated rings. The Kier molecular flexibility index (Phi) is 6.08. The lowest BCUT2D eigenvalue weighted by Crippen LogP contribution is -2.54. The van der Waals surface area contributed by atoms with E-state index in [0.29, 0.717) is 29.1 Å². The first kappa shape index (κ1) is 22.6. The minimum atomic E-state index is -0.317. The second-order valence-electron chi connectivity index (χ2n) is 12.3. The van der Waals surface area contributed by atoms with Crippen molar-refractivity contribution in [1.29, 1.82) is 0 Å². The highest BCUT2D eigenvalue weighted by Crippen LogP contribution is 2.67. The molecule has 4 aliphatic carbocycles. The molecule has 0 aromatic rings. The lowest BCUT2D eigenvalue weighted by Gasteiger charge is -2.59. The number of aliphatic hydroxyl groups is 2. The van der Waals surface area contributed by atoms with E-state index in [4.69, 9.17) is 0 Å². The lowest BCUT2D eigenvalue weighted by atomic mass is 9.46. The Bertz CT molecular complexity index is 693. The Morgan fingerprint density at radius 1 is 1.07 bits per heavy atom. The van der Waals surface area contributed by atoms with Crippen molar-refractivity contribution in [2.45, 2.75) is 105 Å². The molecule has 2 N–H and O–H groups in total. The smallest absolute Gasteiger partial charge is 0.0757 e. The van der Waals surface area contributed by atoms with E-state index in [2.05, 4.69) is 47.3 Å². The summed E-state index contributed by atoms with van der Waals surface area (Å²) in [6.07, 6.45) is 12.1. The Morgan fingerprint density at radius 3 is 2.50 bits per heavy atom. The van der Waals surface area contributed by atoms with E-state index in [-0.39, 0.29) is 17.6 Å². The number of allylic oxidation sites excluding steroid dienone is 1. The maximum absolute atomic E-state index is 11.3. The minimum absolute atomic E-state index is 0.198. The van der Waals surface area contributed by atoms with Crippen molar-refractivity contribution >= 4 is 0 Å². The third-order valence-corrected chi connectivity index (χ3v) is 10.6. The molecule has 2 nitrogen and oxygen atoms in total. The first-order valence-electron chi connectivity index (χ1n) is 12.8. The number of aliphatic hydroxyl groups excluding tert-OH is 2. The Labute approximate surface area is 185 Å². The number of fused-ring (bicyclic) bond motifs is 5. The Balaban J connectivity index is 1.54. The van der Waals surface area contributed by atoms with Gasteiger partial charge in [0.1, 0.15) is 0 Å². The molecule has 0 aromatic carbocycles. The summed E-state index contributed by atoms with van der Waals surface area (Å²) in [6, 6.07) is 0. The van der Waals surface area contributed by atoms with Crippen molar-refractivity contribution in [3.05, 3.63) is 23.8 Å². The highest BCUT2D eigenvalue weighted by atomic mass is 16.3. The molecule has 0 spiro atoms. The summed E-state index contributed by atoms with van der Waals surface area (Å²) >= 11 is 0. The topological polar surface area (TPSA) is 40.5 Å². The van der Waals surface area contributed by atoms with Gasteiger partial charge >= 0.3 is 0 Å². The van der Waals surface area contributed by atoms with Gasteiger partial charge < -0.3 is 10.2 Å². The summed E-state index contributed by atoms with van der Waals surface area (Å²) < 4.78 is 0. The molecule has 0 aliphatic heterocycles.